The van der Waals surface area contributed by atoms with Crippen LogP contribution < -0.4 is 10.6 Å². The van der Waals surface area contributed by atoms with Crippen LogP contribution in [0.25, 0.3) is 0 Å². The van der Waals surface area contributed by atoms with Gasteiger partial charge in [-0.25, -0.2) is 4.99 Å². The van der Waals surface area contributed by atoms with Gasteiger partial charge in [0, 0.05) is 23.6 Å². The van der Waals surface area contributed by atoms with E-state index in [1.54, 1.807) is 24.5 Å². The fraction of sp³-hybridized carbons (Fsp3) is 0.174. The zero-order valence-corrected chi connectivity index (χ0v) is 16.4. The van der Waals surface area contributed by atoms with Gasteiger partial charge in [0.05, 0.1) is 6.54 Å². The van der Waals surface area contributed by atoms with Crippen LogP contribution in [-0.2, 0) is 6.54 Å². The van der Waals surface area contributed by atoms with E-state index in [2.05, 4.69) is 26.7 Å². The summed E-state index contributed by atoms with van der Waals surface area (Å²) in [4.78, 5) is 21.3. The van der Waals surface area contributed by atoms with Crippen molar-refractivity contribution in [1.29, 1.82) is 0 Å². The zero-order chi connectivity index (χ0) is 19.9. The van der Waals surface area contributed by atoms with Gasteiger partial charge >= 0.3 is 0 Å². The van der Waals surface area contributed by atoms with Crippen LogP contribution >= 0.6 is 0 Å². The Bertz CT molecular complexity index is 979. The molecule has 5 heteroatoms. The standard InChI is InChI=1S/C23H24N4O/c1-16-6-9-20(10-7-16)22(28)27-23(25-15-19-5-4-12-24-14-19)26-21-11-8-17(2)13-18(21)3/h4-14H,15H2,1-3H3,(H2,25,26,27,28). The van der Waals surface area contributed by atoms with E-state index in [4.69, 9.17) is 0 Å². The lowest BCUT2D eigenvalue weighted by Gasteiger charge is -2.14. The summed E-state index contributed by atoms with van der Waals surface area (Å²) in [6, 6.07) is 17.4. The molecule has 2 N–H and O–H groups in total. The maximum atomic E-state index is 12.7. The molecule has 1 aromatic heterocycles. The van der Waals surface area contributed by atoms with Crippen molar-refractivity contribution in [2.24, 2.45) is 4.99 Å². The Morgan fingerprint density at radius 1 is 1.00 bits per heavy atom. The molecule has 1 amide bonds. The van der Waals surface area contributed by atoms with Crippen LogP contribution in [0.15, 0.2) is 72.0 Å². The number of nitrogens with one attached hydrogen (secondary N) is 2. The minimum Gasteiger partial charge on any atom is -0.326 e. The number of carbonyl (C=O) groups excluding carboxylic acids is 1. The highest BCUT2D eigenvalue weighted by Gasteiger charge is 2.10. The molecule has 0 radical (unpaired) electrons. The van der Waals surface area contributed by atoms with Gasteiger partial charge in [-0.1, -0.05) is 41.5 Å². The first-order valence-corrected chi connectivity index (χ1v) is 9.17. The molecular formula is C23H24N4O. The summed E-state index contributed by atoms with van der Waals surface area (Å²) < 4.78 is 0. The third-order valence-electron chi connectivity index (χ3n) is 4.32. The fourth-order valence-corrected chi connectivity index (χ4v) is 2.74. The lowest BCUT2D eigenvalue weighted by atomic mass is 10.1. The number of carbonyl (C=O) groups is 1. The van der Waals surface area contributed by atoms with Gasteiger partial charge < -0.3 is 5.32 Å². The fourth-order valence-electron chi connectivity index (χ4n) is 2.74. The molecule has 0 unspecified atom stereocenters. The zero-order valence-electron chi connectivity index (χ0n) is 16.4. The van der Waals surface area contributed by atoms with Crippen molar-refractivity contribution in [3.05, 3.63) is 94.8 Å². The van der Waals surface area contributed by atoms with Crippen molar-refractivity contribution in [2.75, 3.05) is 5.32 Å². The van der Waals surface area contributed by atoms with Gasteiger partial charge in [0.15, 0.2) is 0 Å². The van der Waals surface area contributed by atoms with Gasteiger partial charge in [0.2, 0.25) is 5.96 Å². The van der Waals surface area contributed by atoms with Crippen LogP contribution in [0.5, 0.6) is 0 Å². The maximum Gasteiger partial charge on any atom is 0.257 e. The summed E-state index contributed by atoms with van der Waals surface area (Å²) in [5.41, 5.74) is 5.82. The van der Waals surface area contributed by atoms with Gasteiger partial charge in [0.1, 0.15) is 0 Å². The monoisotopic (exact) mass is 372 g/mol. The number of guanidine groups is 1. The first-order valence-electron chi connectivity index (χ1n) is 9.17. The summed E-state index contributed by atoms with van der Waals surface area (Å²) in [5, 5.41) is 6.15. The van der Waals surface area contributed by atoms with Crippen molar-refractivity contribution >= 4 is 17.6 Å². The van der Waals surface area contributed by atoms with Crippen molar-refractivity contribution in [2.45, 2.75) is 27.3 Å². The number of benzene rings is 2. The van der Waals surface area contributed by atoms with Crippen molar-refractivity contribution in [3.63, 3.8) is 0 Å². The Morgan fingerprint density at radius 2 is 1.75 bits per heavy atom. The highest BCUT2D eigenvalue weighted by molar-refractivity contribution is 6.10. The number of amides is 1. The van der Waals surface area contributed by atoms with Gasteiger partial charge in [-0.2, -0.15) is 0 Å². The number of aryl methyl sites for hydroxylation is 3. The van der Waals surface area contributed by atoms with Crippen LogP contribution in [0.4, 0.5) is 5.69 Å². The number of aliphatic imine (C=N–C) groups is 1. The number of hydrogen-bond acceptors (Lipinski definition) is 3. The average Bonchev–Trinajstić information content (AvgIpc) is 2.69. The predicted octanol–water partition coefficient (Wildman–Crippen LogP) is 4.40. The van der Waals surface area contributed by atoms with E-state index in [-0.39, 0.29) is 5.91 Å². The number of aromatic nitrogens is 1. The minimum absolute atomic E-state index is 0.206. The van der Waals surface area contributed by atoms with Gasteiger partial charge in [-0.3, -0.25) is 15.1 Å². The molecule has 0 fully saturated rings. The van der Waals surface area contributed by atoms with Crippen LogP contribution in [0.3, 0.4) is 0 Å². The van der Waals surface area contributed by atoms with E-state index in [0.717, 1.165) is 22.4 Å². The van der Waals surface area contributed by atoms with E-state index in [1.807, 2.05) is 57.2 Å². The third-order valence-corrected chi connectivity index (χ3v) is 4.32. The molecule has 0 atom stereocenters. The number of rotatable bonds is 4. The lowest BCUT2D eigenvalue weighted by Crippen LogP contribution is -2.36. The molecule has 0 aliphatic heterocycles. The molecule has 5 nitrogen and oxygen atoms in total. The van der Waals surface area contributed by atoms with E-state index < -0.39 is 0 Å². The van der Waals surface area contributed by atoms with Crippen molar-refractivity contribution in [3.8, 4) is 0 Å². The van der Waals surface area contributed by atoms with Crippen LogP contribution in [0.1, 0.15) is 32.6 Å². The quantitative estimate of drug-likeness (QED) is 0.527. The van der Waals surface area contributed by atoms with Crippen molar-refractivity contribution in [1.82, 2.24) is 10.3 Å². The Labute approximate surface area is 165 Å². The molecule has 2 aromatic carbocycles. The predicted molar refractivity (Wildman–Crippen MR) is 114 cm³/mol. The molecule has 3 rings (SSSR count). The second kappa shape index (κ2) is 8.95. The van der Waals surface area contributed by atoms with E-state index in [1.165, 1.54) is 5.56 Å². The summed E-state index contributed by atoms with van der Waals surface area (Å²) in [6.45, 7) is 6.47. The topological polar surface area (TPSA) is 66.4 Å². The van der Waals surface area contributed by atoms with Crippen LogP contribution in [0.2, 0.25) is 0 Å². The Kier molecular flexibility index (Phi) is 6.17. The molecule has 0 spiro atoms. The molecule has 0 saturated heterocycles. The molecule has 1 heterocycles. The largest absolute Gasteiger partial charge is 0.326 e. The average molecular weight is 372 g/mol. The SMILES string of the molecule is Cc1ccc(C(=O)NC(=NCc2cccnc2)Nc2ccc(C)cc2C)cc1. The minimum atomic E-state index is -0.206. The number of nitrogens with zero attached hydrogens (tertiary/aromatic N) is 2. The molecular weight excluding hydrogens is 348 g/mol. The molecule has 0 saturated carbocycles. The number of hydrogen-bond donors (Lipinski definition) is 2. The smallest absolute Gasteiger partial charge is 0.257 e. The Hall–Kier alpha value is -3.47. The summed E-state index contributed by atoms with van der Waals surface area (Å²) in [5.74, 6) is 0.198. The van der Waals surface area contributed by atoms with Crippen LogP contribution in [-0.4, -0.2) is 16.9 Å². The first-order chi connectivity index (χ1) is 13.5. The second-order valence-electron chi connectivity index (χ2n) is 6.79. The molecule has 28 heavy (non-hydrogen) atoms. The molecule has 0 bridgehead atoms. The van der Waals surface area contributed by atoms with Crippen LogP contribution in [0, 0.1) is 20.8 Å². The molecule has 142 valence electrons. The molecule has 0 aliphatic carbocycles. The first kappa shape index (κ1) is 19.3. The number of pyridine rings is 1. The van der Waals surface area contributed by atoms with E-state index in [9.17, 15) is 4.79 Å². The summed E-state index contributed by atoms with van der Waals surface area (Å²) in [7, 11) is 0. The van der Waals surface area contributed by atoms with Crippen molar-refractivity contribution < 1.29 is 4.79 Å². The summed E-state index contributed by atoms with van der Waals surface area (Å²) >= 11 is 0. The normalized spacial score (nSPS) is 11.2. The third kappa shape index (κ3) is 5.27. The molecule has 0 aliphatic rings. The van der Waals surface area contributed by atoms with E-state index in [0.29, 0.717) is 18.1 Å². The van der Waals surface area contributed by atoms with Gasteiger partial charge in [-0.15, -0.1) is 0 Å². The maximum absolute atomic E-state index is 12.7. The lowest BCUT2D eigenvalue weighted by molar-refractivity contribution is 0.0977. The summed E-state index contributed by atoms with van der Waals surface area (Å²) in [6.07, 6.45) is 3.49. The Balaban J connectivity index is 1.82. The number of anilines is 1. The highest BCUT2D eigenvalue weighted by atomic mass is 16.1. The molecule has 3 aromatic rings. The van der Waals surface area contributed by atoms with Gasteiger partial charge in [-0.05, 0) is 56.2 Å². The van der Waals surface area contributed by atoms with Gasteiger partial charge in [0.25, 0.3) is 5.91 Å². The second-order valence-corrected chi connectivity index (χ2v) is 6.79. The van der Waals surface area contributed by atoms with E-state index >= 15 is 0 Å². The highest BCUT2D eigenvalue weighted by Crippen LogP contribution is 2.16. The Morgan fingerprint density at radius 3 is 2.43 bits per heavy atom.